The predicted molar refractivity (Wildman–Crippen MR) is 90.0 cm³/mol. The van der Waals surface area contributed by atoms with Gasteiger partial charge in [-0.15, -0.1) is 0 Å². The van der Waals surface area contributed by atoms with E-state index in [1.54, 1.807) is 0 Å². The predicted octanol–water partition coefficient (Wildman–Crippen LogP) is 3.83. The van der Waals surface area contributed by atoms with Crippen molar-refractivity contribution >= 4 is 11.6 Å². The third-order valence-corrected chi connectivity index (χ3v) is 5.70. The molecule has 0 aliphatic carbocycles. The number of benzene rings is 1. The van der Waals surface area contributed by atoms with Gasteiger partial charge in [-0.3, -0.25) is 4.90 Å². The van der Waals surface area contributed by atoms with Crippen LogP contribution in [0.3, 0.4) is 0 Å². The molecule has 116 valence electrons. The van der Waals surface area contributed by atoms with Gasteiger partial charge in [0.2, 0.25) is 0 Å². The molecule has 0 saturated carbocycles. The van der Waals surface area contributed by atoms with Gasteiger partial charge in [-0.1, -0.05) is 29.8 Å². The molecule has 0 spiro atoms. The first kappa shape index (κ1) is 15.3. The Bertz CT molecular complexity index is 462. The minimum atomic E-state index is 0.691. The SMILES string of the molecule is CN1CCC[C@H]1CCN1CCC[C@H]1Cc1ccccc1Cl. The number of hydrogen-bond donors (Lipinski definition) is 0. The summed E-state index contributed by atoms with van der Waals surface area (Å²) in [6.07, 6.45) is 7.88. The maximum absolute atomic E-state index is 6.32. The zero-order valence-corrected chi connectivity index (χ0v) is 13.9. The van der Waals surface area contributed by atoms with Crippen LogP contribution in [0.25, 0.3) is 0 Å². The summed E-state index contributed by atoms with van der Waals surface area (Å²) in [5.74, 6) is 0. The summed E-state index contributed by atoms with van der Waals surface area (Å²) < 4.78 is 0. The Balaban J connectivity index is 1.54. The first-order chi connectivity index (χ1) is 10.2. The molecule has 3 heteroatoms. The van der Waals surface area contributed by atoms with E-state index in [2.05, 4.69) is 29.0 Å². The van der Waals surface area contributed by atoms with E-state index in [-0.39, 0.29) is 0 Å². The maximum Gasteiger partial charge on any atom is 0.0438 e. The van der Waals surface area contributed by atoms with E-state index in [9.17, 15) is 0 Å². The molecular formula is C18H27ClN2. The molecule has 3 rings (SSSR count). The minimum absolute atomic E-state index is 0.691. The smallest absolute Gasteiger partial charge is 0.0438 e. The molecule has 2 aliphatic heterocycles. The molecule has 0 N–H and O–H groups in total. The third-order valence-electron chi connectivity index (χ3n) is 5.33. The molecule has 0 bridgehead atoms. The molecule has 0 radical (unpaired) electrons. The van der Waals surface area contributed by atoms with Crippen molar-refractivity contribution in [3.05, 3.63) is 34.9 Å². The first-order valence-corrected chi connectivity index (χ1v) is 8.79. The second kappa shape index (κ2) is 7.13. The van der Waals surface area contributed by atoms with Crippen LogP contribution in [0.4, 0.5) is 0 Å². The summed E-state index contributed by atoms with van der Waals surface area (Å²) in [6.45, 7) is 3.81. The van der Waals surface area contributed by atoms with Crippen LogP contribution in [0, 0.1) is 0 Å². The molecule has 2 heterocycles. The summed E-state index contributed by atoms with van der Waals surface area (Å²) in [5, 5.41) is 0.930. The van der Waals surface area contributed by atoms with Crippen molar-refractivity contribution < 1.29 is 0 Å². The Hall–Kier alpha value is -0.570. The summed E-state index contributed by atoms with van der Waals surface area (Å²) in [5.41, 5.74) is 1.31. The highest BCUT2D eigenvalue weighted by Crippen LogP contribution is 2.26. The molecule has 1 aromatic rings. The highest BCUT2D eigenvalue weighted by atomic mass is 35.5. The van der Waals surface area contributed by atoms with Gasteiger partial charge in [-0.25, -0.2) is 0 Å². The van der Waals surface area contributed by atoms with Crippen LogP contribution in [0.5, 0.6) is 0 Å². The second-order valence-corrected chi connectivity index (χ2v) is 7.10. The molecule has 2 aliphatic rings. The lowest BCUT2D eigenvalue weighted by molar-refractivity contribution is 0.210. The quantitative estimate of drug-likeness (QED) is 0.816. The van der Waals surface area contributed by atoms with Crippen molar-refractivity contribution in [1.82, 2.24) is 9.80 Å². The van der Waals surface area contributed by atoms with Crippen molar-refractivity contribution in [2.45, 2.75) is 50.6 Å². The fourth-order valence-corrected chi connectivity index (χ4v) is 4.21. The monoisotopic (exact) mass is 306 g/mol. The fraction of sp³-hybridized carbons (Fsp3) is 0.667. The van der Waals surface area contributed by atoms with Gasteiger partial charge in [0.15, 0.2) is 0 Å². The Labute approximate surface area is 134 Å². The fourth-order valence-electron chi connectivity index (χ4n) is 4.00. The Morgan fingerprint density at radius 1 is 1.10 bits per heavy atom. The molecule has 1 aromatic carbocycles. The molecular weight excluding hydrogens is 280 g/mol. The van der Waals surface area contributed by atoms with E-state index in [0.717, 1.165) is 17.5 Å². The van der Waals surface area contributed by atoms with E-state index >= 15 is 0 Å². The summed E-state index contributed by atoms with van der Waals surface area (Å²) >= 11 is 6.32. The van der Waals surface area contributed by atoms with Crippen molar-refractivity contribution in [2.75, 3.05) is 26.7 Å². The summed E-state index contributed by atoms with van der Waals surface area (Å²) in [7, 11) is 2.28. The summed E-state index contributed by atoms with van der Waals surface area (Å²) in [4.78, 5) is 5.24. The van der Waals surface area contributed by atoms with Crippen LogP contribution in [0.15, 0.2) is 24.3 Å². The highest BCUT2D eigenvalue weighted by Gasteiger charge is 2.27. The lowest BCUT2D eigenvalue weighted by Gasteiger charge is -2.28. The normalized spacial score (nSPS) is 27.5. The molecule has 0 aromatic heterocycles. The molecule has 2 atom stereocenters. The van der Waals surface area contributed by atoms with Gasteiger partial charge in [0.25, 0.3) is 0 Å². The maximum atomic E-state index is 6.32. The zero-order chi connectivity index (χ0) is 14.7. The van der Waals surface area contributed by atoms with Gasteiger partial charge < -0.3 is 4.90 Å². The van der Waals surface area contributed by atoms with Gasteiger partial charge >= 0.3 is 0 Å². The molecule has 0 amide bonds. The van der Waals surface area contributed by atoms with E-state index in [1.165, 1.54) is 57.3 Å². The Morgan fingerprint density at radius 3 is 2.62 bits per heavy atom. The molecule has 2 saturated heterocycles. The van der Waals surface area contributed by atoms with Crippen LogP contribution in [-0.2, 0) is 6.42 Å². The van der Waals surface area contributed by atoms with Crippen LogP contribution in [0.2, 0.25) is 5.02 Å². The van der Waals surface area contributed by atoms with Gasteiger partial charge in [0.05, 0.1) is 0 Å². The van der Waals surface area contributed by atoms with Crippen LogP contribution in [0.1, 0.15) is 37.7 Å². The zero-order valence-electron chi connectivity index (χ0n) is 13.1. The van der Waals surface area contributed by atoms with Crippen LogP contribution < -0.4 is 0 Å². The van der Waals surface area contributed by atoms with Gasteiger partial charge in [-0.05, 0) is 76.8 Å². The van der Waals surface area contributed by atoms with Crippen LogP contribution >= 0.6 is 11.6 Å². The first-order valence-electron chi connectivity index (χ1n) is 8.42. The largest absolute Gasteiger partial charge is 0.303 e. The van der Waals surface area contributed by atoms with Gasteiger partial charge in [-0.2, -0.15) is 0 Å². The average molecular weight is 307 g/mol. The highest BCUT2D eigenvalue weighted by molar-refractivity contribution is 6.31. The van der Waals surface area contributed by atoms with Crippen molar-refractivity contribution in [3.8, 4) is 0 Å². The molecule has 2 fully saturated rings. The van der Waals surface area contributed by atoms with Crippen molar-refractivity contribution in [2.24, 2.45) is 0 Å². The number of hydrogen-bond acceptors (Lipinski definition) is 2. The summed E-state index contributed by atoms with van der Waals surface area (Å²) in [6, 6.07) is 9.83. The minimum Gasteiger partial charge on any atom is -0.303 e. The number of nitrogens with zero attached hydrogens (tertiary/aromatic N) is 2. The molecule has 21 heavy (non-hydrogen) atoms. The Morgan fingerprint density at radius 2 is 1.86 bits per heavy atom. The van der Waals surface area contributed by atoms with E-state index in [0.29, 0.717) is 6.04 Å². The second-order valence-electron chi connectivity index (χ2n) is 6.69. The molecule has 0 unspecified atom stereocenters. The van der Waals surface area contributed by atoms with Crippen LogP contribution in [-0.4, -0.2) is 48.6 Å². The average Bonchev–Trinajstić information content (AvgIpc) is 3.08. The van der Waals surface area contributed by atoms with Crippen molar-refractivity contribution in [1.29, 1.82) is 0 Å². The van der Waals surface area contributed by atoms with Crippen molar-refractivity contribution in [3.63, 3.8) is 0 Å². The van der Waals surface area contributed by atoms with Gasteiger partial charge in [0, 0.05) is 17.1 Å². The standard InChI is InChI=1S/C18H27ClN2/c1-20-11-4-7-16(20)10-13-21-12-5-8-17(21)14-15-6-2-3-9-18(15)19/h2-3,6,9,16-17H,4-5,7-8,10-14H2,1H3/t16-,17-/m0/s1. The lowest BCUT2D eigenvalue weighted by Crippen LogP contribution is -2.35. The molecule has 2 nitrogen and oxygen atoms in total. The third kappa shape index (κ3) is 3.80. The van der Waals surface area contributed by atoms with E-state index < -0.39 is 0 Å². The topological polar surface area (TPSA) is 6.48 Å². The Kier molecular flexibility index (Phi) is 5.20. The number of halogens is 1. The van der Waals surface area contributed by atoms with E-state index in [1.807, 2.05) is 12.1 Å². The van der Waals surface area contributed by atoms with Gasteiger partial charge in [0.1, 0.15) is 0 Å². The van der Waals surface area contributed by atoms with E-state index in [4.69, 9.17) is 11.6 Å². The number of rotatable bonds is 5. The lowest BCUT2D eigenvalue weighted by atomic mass is 10.0. The number of likely N-dealkylation sites (tertiary alicyclic amines) is 2.